The van der Waals surface area contributed by atoms with Gasteiger partial charge in [0.2, 0.25) is 0 Å². The number of hydrazine groups is 1. The maximum Gasteiger partial charge on any atom is 0.431 e. The summed E-state index contributed by atoms with van der Waals surface area (Å²) < 4.78 is 16.1. The van der Waals surface area contributed by atoms with Crippen molar-refractivity contribution in [1.29, 1.82) is 5.26 Å². The quantitative estimate of drug-likeness (QED) is 0.414. The minimum atomic E-state index is -2.40. The van der Waals surface area contributed by atoms with Crippen molar-refractivity contribution in [2.24, 2.45) is 0 Å². The molecular formula is C23H33N3O6. The Bertz CT molecular complexity index is 872. The normalized spacial score (nSPS) is 13.8. The number of esters is 1. The van der Waals surface area contributed by atoms with Gasteiger partial charge in [-0.2, -0.15) is 10.3 Å². The van der Waals surface area contributed by atoms with Crippen LogP contribution in [0.3, 0.4) is 0 Å². The molecular weight excluding hydrogens is 414 g/mol. The number of benzene rings is 1. The molecule has 1 rings (SSSR count). The molecule has 1 aromatic carbocycles. The SMILES string of the molecule is CC(C)(C)OC(=O)NN(C(=O)OC(C)(C)C)C(C#N)(C(=O)OC(C)(C)C)c1ccccc1. The summed E-state index contributed by atoms with van der Waals surface area (Å²) in [5.74, 6) is -1.07. The molecule has 32 heavy (non-hydrogen) atoms. The highest BCUT2D eigenvalue weighted by Crippen LogP contribution is 2.32. The molecule has 0 bridgehead atoms. The third kappa shape index (κ3) is 7.45. The van der Waals surface area contributed by atoms with Crippen molar-refractivity contribution in [3.63, 3.8) is 0 Å². The molecule has 0 aliphatic rings. The van der Waals surface area contributed by atoms with Gasteiger partial charge >= 0.3 is 18.2 Å². The van der Waals surface area contributed by atoms with Crippen LogP contribution in [0.25, 0.3) is 0 Å². The lowest BCUT2D eigenvalue weighted by atomic mass is 9.90. The van der Waals surface area contributed by atoms with Crippen molar-refractivity contribution in [2.45, 2.75) is 84.7 Å². The van der Waals surface area contributed by atoms with Gasteiger partial charge < -0.3 is 14.2 Å². The summed E-state index contributed by atoms with van der Waals surface area (Å²) in [6.45, 7) is 14.6. The molecule has 0 aromatic heterocycles. The van der Waals surface area contributed by atoms with Gasteiger partial charge in [-0.3, -0.25) is 0 Å². The predicted octanol–water partition coefficient (Wildman–Crippen LogP) is 4.42. The van der Waals surface area contributed by atoms with Crippen LogP contribution in [-0.2, 0) is 24.5 Å². The number of amides is 2. The molecule has 0 spiro atoms. The fraction of sp³-hybridized carbons (Fsp3) is 0.565. The summed E-state index contributed by atoms with van der Waals surface area (Å²) >= 11 is 0. The molecule has 1 unspecified atom stereocenters. The van der Waals surface area contributed by atoms with Crippen molar-refractivity contribution >= 4 is 18.2 Å². The number of nitrogens with zero attached hydrogens (tertiary/aromatic N) is 2. The standard InChI is InChI=1S/C23H33N3O6/c1-20(2,3)30-17(27)23(15-24,16-13-11-10-12-14-16)26(19(29)32-22(7,8)9)25-18(28)31-21(4,5)6/h10-14H,1-9H3,(H,25,28). The van der Waals surface area contributed by atoms with Crippen LogP contribution < -0.4 is 5.43 Å². The van der Waals surface area contributed by atoms with Gasteiger partial charge in [0, 0.05) is 5.56 Å². The van der Waals surface area contributed by atoms with E-state index in [-0.39, 0.29) is 5.56 Å². The van der Waals surface area contributed by atoms with Crippen LogP contribution in [0.15, 0.2) is 30.3 Å². The van der Waals surface area contributed by atoms with E-state index in [2.05, 4.69) is 5.43 Å². The molecule has 0 saturated heterocycles. The molecule has 0 aliphatic heterocycles. The van der Waals surface area contributed by atoms with Gasteiger partial charge in [0.1, 0.15) is 22.9 Å². The molecule has 0 radical (unpaired) electrons. The molecule has 176 valence electrons. The van der Waals surface area contributed by atoms with Crippen molar-refractivity contribution in [3.05, 3.63) is 35.9 Å². The Labute approximate surface area is 189 Å². The van der Waals surface area contributed by atoms with Crippen LogP contribution in [0.5, 0.6) is 0 Å². The molecule has 0 fully saturated rings. The number of nitriles is 1. The van der Waals surface area contributed by atoms with Crippen LogP contribution >= 0.6 is 0 Å². The third-order valence-electron chi connectivity index (χ3n) is 3.56. The smallest absolute Gasteiger partial charge is 0.431 e. The number of hydrogen-bond donors (Lipinski definition) is 1. The van der Waals surface area contributed by atoms with Gasteiger partial charge in [-0.15, -0.1) is 0 Å². The first-order chi connectivity index (χ1) is 14.4. The second kappa shape index (κ2) is 9.47. The van der Waals surface area contributed by atoms with Crippen LogP contribution in [0.4, 0.5) is 9.59 Å². The van der Waals surface area contributed by atoms with E-state index in [0.717, 1.165) is 0 Å². The highest BCUT2D eigenvalue weighted by atomic mass is 16.6. The summed E-state index contributed by atoms with van der Waals surface area (Å²) in [5.41, 5.74) is -2.95. The van der Waals surface area contributed by atoms with E-state index in [4.69, 9.17) is 14.2 Å². The van der Waals surface area contributed by atoms with Gasteiger partial charge in [-0.25, -0.2) is 19.8 Å². The zero-order valence-corrected chi connectivity index (χ0v) is 20.2. The minimum absolute atomic E-state index is 0.0960. The Morgan fingerprint density at radius 1 is 0.812 bits per heavy atom. The van der Waals surface area contributed by atoms with Gasteiger partial charge in [0.25, 0.3) is 5.54 Å². The predicted molar refractivity (Wildman–Crippen MR) is 117 cm³/mol. The Morgan fingerprint density at radius 3 is 1.69 bits per heavy atom. The Kier molecular flexibility index (Phi) is 7.92. The Morgan fingerprint density at radius 2 is 1.28 bits per heavy atom. The maximum atomic E-state index is 13.4. The van der Waals surface area contributed by atoms with E-state index in [0.29, 0.717) is 5.01 Å². The summed E-state index contributed by atoms with van der Waals surface area (Å²) in [6, 6.07) is 9.68. The lowest BCUT2D eigenvalue weighted by Crippen LogP contribution is -2.63. The molecule has 9 nitrogen and oxygen atoms in total. The van der Waals surface area contributed by atoms with E-state index < -0.39 is 40.5 Å². The molecule has 0 heterocycles. The third-order valence-corrected chi connectivity index (χ3v) is 3.56. The zero-order chi connectivity index (χ0) is 25.0. The lowest BCUT2D eigenvalue weighted by Gasteiger charge is -2.38. The van der Waals surface area contributed by atoms with E-state index >= 15 is 0 Å². The van der Waals surface area contributed by atoms with Gasteiger partial charge in [0.05, 0.1) is 0 Å². The molecule has 0 aliphatic carbocycles. The molecule has 0 saturated carbocycles. The summed E-state index contributed by atoms with van der Waals surface area (Å²) in [6.07, 6.45) is -2.19. The van der Waals surface area contributed by atoms with E-state index in [9.17, 15) is 19.6 Å². The van der Waals surface area contributed by atoms with E-state index in [1.165, 1.54) is 12.1 Å². The zero-order valence-electron chi connectivity index (χ0n) is 20.2. The molecule has 9 heteroatoms. The highest BCUT2D eigenvalue weighted by molar-refractivity contribution is 5.91. The van der Waals surface area contributed by atoms with Crippen LogP contribution in [-0.4, -0.2) is 40.0 Å². The second-order valence-corrected chi connectivity index (χ2v) is 10.1. The first-order valence-corrected chi connectivity index (χ1v) is 10.1. The Hall–Kier alpha value is -3.28. The molecule has 2 amide bonds. The highest BCUT2D eigenvalue weighted by Gasteiger charge is 2.54. The summed E-state index contributed by atoms with van der Waals surface area (Å²) in [7, 11) is 0. The topological polar surface area (TPSA) is 118 Å². The van der Waals surface area contributed by atoms with Crippen molar-refractivity contribution < 1.29 is 28.6 Å². The van der Waals surface area contributed by atoms with E-state index in [1.54, 1.807) is 80.5 Å². The first-order valence-electron chi connectivity index (χ1n) is 10.1. The van der Waals surface area contributed by atoms with Crippen LogP contribution in [0.1, 0.15) is 67.9 Å². The molecule has 1 aromatic rings. The average Bonchev–Trinajstić information content (AvgIpc) is 2.58. The molecule has 1 N–H and O–H groups in total. The van der Waals surface area contributed by atoms with Crippen molar-refractivity contribution in [1.82, 2.24) is 10.4 Å². The number of ether oxygens (including phenoxy) is 3. The average molecular weight is 448 g/mol. The fourth-order valence-corrected chi connectivity index (χ4v) is 2.50. The number of nitrogens with one attached hydrogen (secondary N) is 1. The van der Waals surface area contributed by atoms with Crippen LogP contribution in [0.2, 0.25) is 0 Å². The fourth-order valence-electron chi connectivity index (χ4n) is 2.50. The van der Waals surface area contributed by atoms with Crippen molar-refractivity contribution in [3.8, 4) is 6.07 Å². The van der Waals surface area contributed by atoms with Gasteiger partial charge in [-0.05, 0) is 62.3 Å². The minimum Gasteiger partial charge on any atom is -0.457 e. The van der Waals surface area contributed by atoms with Crippen LogP contribution in [0, 0.1) is 11.3 Å². The Balaban J connectivity index is 3.71. The largest absolute Gasteiger partial charge is 0.457 e. The second-order valence-electron chi connectivity index (χ2n) is 10.1. The molecule has 1 atom stereocenters. The van der Waals surface area contributed by atoms with E-state index in [1.807, 2.05) is 6.07 Å². The number of rotatable bonds is 3. The van der Waals surface area contributed by atoms with Gasteiger partial charge in [-0.1, -0.05) is 30.3 Å². The maximum absolute atomic E-state index is 13.4. The number of hydrogen-bond acceptors (Lipinski definition) is 7. The number of carbonyl (C=O) groups excluding carboxylic acids is 3. The summed E-state index contributed by atoms with van der Waals surface area (Å²) in [5, 5.41) is 10.8. The number of carbonyl (C=O) groups is 3. The van der Waals surface area contributed by atoms with Gasteiger partial charge in [0.15, 0.2) is 0 Å². The first kappa shape index (κ1) is 26.8. The lowest BCUT2D eigenvalue weighted by molar-refractivity contribution is -0.168. The monoisotopic (exact) mass is 447 g/mol. The van der Waals surface area contributed by atoms with Crippen molar-refractivity contribution in [2.75, 3.05) is 0 Å². The summed E-state index contributed by atoms with van der Waals surface area (Å²) in [4.78, 5) is 39.2.